The molecule has 19 heavy (non-hydrogen) atoms. The third-order valence-corrected chi connectivity index (χ3v) is 4.96. The summed E-state index contributed by atoms with van der Waals surface area (Å²) in [5.74, 6) is -0.0935. The lowest BCUT2D eigenvalue weighted by Crippen LogP contribution is -2.50. The number of aliphatic hydroxyl groups excluding tert-OH is 1. The number of hydrogen-bond donors (Lipinski definition) is 2. The number of nitrogens with two attached hydrogens (primary N) is 1. The predicted octanol–water partition coefficient (Wildman–Crippen LogP) is -0.208. The first-order valence-electron chi connectivity index (χ1n) is 6.05. The maximum absolute atomic E-state index is 12.3. The summed E-state index contributed by atoms with van der Waals surface area (Å²) in [7, 11) is -3.46. The smallest absolute Gasteiger partial charge is 0.218 e. The van der Waals surface area contributed by atoms with E-state index >= 15 is 0 Å². The Balaban J connectivity index is 2.14. The monoisotopic (exact) mass is 286 g/mol. The molecule has 1 atom stereocenters. The lowest BCUT2D eigenvalue weighted by atomic mass is 10.2. The first-order valence-corrected chi connectivity index (χ1v) is 7.66. The SMILES string of the molecule is Nc1ccc(CS(=O)(=O)N2CCOCC2CO)cc1. The largest absolute Gasteiger partial charge is 0.399 e. The lowest BCUT2D eigenvalue weighted by Gasteiger charge is -2.33. The van der Waals surface area contributed by atoms with Gasteiger partial charge in [0.05, 0.1) is 31.6 Å². The van der Waals surface area contributed by atoms with E-state index < -0.39 is 16.1 Å². The Bertz CT molecular complexity index is 515. The quantitative estimate of drug-likeness (QED) is 0.747. The van der Waals surface area contributed by atoms with Gasteiger partial charge in [0, 0.05) is 12.2 Å². The molecule has 7 heteroatoms. The minimum absolute atomic E-state index is 0.0935. The van der Waals surface area contributed by atoms with Crippen LogP contribution < -0.4 is 5.73 Å². The molecule has 0 aromatic heterocycles. The van der Waals surface area contributed by atoms with Crippen molar-refractivity contribution in [2.45, 2.75) is 11.8 Å². The lowest BCUT2D eigenvalue weighted by molar-refractivity contribution is 0.0108. The molecule has 1 aliphatic rings. The van der Waals surface area contributed by atoms with Crippen LogP contribution in [0.2, 0.25) is 0 Å². The predicted molar refractivity (Wildman–Crippen MR) is 71.9 cm³/mol. The highest BCUT2D eigenvalue weighted by Gasteiger charge is 2.32. The standard InChI is InChI=1S/C12H18N2O4S/c13-11-3-1-10(2-4-11)9-19(16,17)14-5-6-18-8-12(14)7-15/h1-4,12,15H,5-9,13H2. The van der Waals surface area contributed by atoms with Gasteiger partial charge >= 0.3 is 0 Å². The van der Waals surface area contributed by atoms with Gasteiger partial charge in [-0.3, -0.25) is 0 Å². The maximum Gasteiger partial charge on any atom is 0.218 e. The van der Waals surface area contributed by atoms with Crippen molar-refractivity contribution in [1.82, 2.24) is 4.31 Å². The van der Waals surface area contributed by atoms with Crippen LogP contribution in [0.1, 0.15) is 5.56 Å². The summed E-state index contributed by atoms with van der Waals surface area (Å²) < 4.78 is 31.2. The van der Waals surface area contributed by atoms with Crippen LogP contribution in [0, 0.1) is 0 Å². The number of sulfonamides is 1. The van der Waals surface area contributed by atoms with Crippen LogP contribution in [-0.4, -0.2) is 50.2 Å². The Labute approximate surface area is 112 Å². The van der Waals surface area contributed by atoms with Gasteiger partial charge in [-0.15, -0.1) is 0 Å². The van der Waals surface area contributed by atoms with E-state index in [1.807, 2.05) is 0 Å². The average Bonchev–Trinajstić information content (AvgIpc) is 2.41. The molecular weight excluding hydrogens is 268 g/mol. The zero-order chi connectivity index (χ0) is 13.9. The molecule has 0 bridgehead atoms. The van der Waals surface area contributed by atoms with E-state index in [2.05, 4.69) is 0 Å². The topological polar surface area (TPSA) is 92.9 Å². The van der Waals surface area contributed by atoms with E-state index in [0.29, 0.717) is 17.9 Å². The van der Waals surface area contributed by atoms with Crippen molar-refractivity contribution in [3.05, 3.63) is 29.8 Å². The molecule has 106 valence electrons. The van der Waals surface area contributed by atoms with Crippen LogP contribution in [0.3, 0.4) is 0 Å². The van der Waals surface area contributed by atoms with E-state index in [1.165, 1.54) is 4.31 Å². The zero-order valence-corrected chi connectivity index (χ0v) is 11.3. The van der Waals surface area contributed by atoms with E-state index in [4.69, 9.17) is 10.5 Å². The summed E-state index contributed by atoms with van der Waals surface area (Å²) in [6.45, 7) is 0.637. The molecule has 1 aromatic carbocycles. The molecule has 3 N–H and O–H groups in total. The van der Waals surface area contributed by atoms with Gasteiger partial charge in [0.15, 0.2) is 0 Å². The van der Waals surface area contributed by atoms with E-state index in [0.717, 1.165) is 0 Å². The Morgan fingerprint density at radius 2 is 2.05 bits per heavy atom. The van der Waals surface area contributed by atoms with Crippen LogP contribution in [0.4, 0.5) is 5.69 Å². The normalized spacial score (nSPS) is 21.4. The minimum atomic E-state index is -3.46. The number of nitrogen functional groups attached to an aromatic ring is 1. The molecule has 1 saturated heterocycles. The fraction of sp³-hybridized carbons (Fsp3) is 0.500. The highest BCUT2D eigenvalue weighted by Crippen LogP contribution is 2.17. The fourth-order valence-electron chi connectivity index (χ4n) is 2.06. The van der Waals surface area contributed by atoms with Crippen LogP contribution in [-0.2, 0) is 20.5 Å². The summed E-state index contributed by atoms with van der Waals surface area (Å²) in [6.07, 6.45) is 0. The van der Waals surface area contributed by atoms with Crippen molar-refractivity contribution in [2.24, 2.45) is 0 Å². The number of ether oxygens (including phenoxy) is 1. The van der Waals surface area contributed by atoms with Gasteiger partial charge in [0.2, 0.25) is 10.0 Å². The van der Waals surface area contributed by atoms with E-state index in [-0.39, 0.29) is 25.5 Å². The van der Waals surface area contributed by atoms with E-state index in [1.54, 1.807) is 24.3 Å². The summed E-state index contributed by atoms with van der Waals surface area (Å²) >= 11 is 0. The van der Waals surface area contributed by atoms with Gasteiger partial charge in [-0.05, 0) is 17.7 Å². The van der Waals surface area contributed by atoms with E-state index in [9.17, 15) is 13.5 Å². The van der Waals surface area contributed by atoms with Crippen molar-refractivity contribution in [2.75, 3.05) is 32.1 Å². The molecule has 0 aliphatic carbocycles. The average molecular weight is 286 g/mol. The second kappa shape index (κ2) is 5.87. The highest BCUT2D eigenvalue weighted by molar-refractivity contribution is 7.88. The molecule has 0 saturated carbocycles. The Kier molecular flexibility index (Phi) is 4.41. The molecular formula is C12H18N2O4S. The van der Waals surface area contributed by atoms with Gasteiger partial charge in [-0.1, -0.05) is 12.1 Å². The Hall–Kier alpha value is -1.15. The van der Waals surface area contributed by atoms with Crippen molar-refractivity contribution in [1.29, 1.82) is 0 Å². The number of rotatable bonds is 4. The Morgan fingerprint density at radius 3 is 2.68 bits per heavy atom. The van der Waals surface area contributed by atoms with Crippen molar-refractivity contribution in [3.63, 3.8) is 0 Å². The molecule has 6 nitrogen and oxygen atoms in total. The number of aliphatic hydroxyl groups is 1. The summed E-state index contributed by atoms with van der Waals surface area (Å²) in [5.41, 5.74) is 6.84. The second-order valence-electron chi connectivity index (χ2n) is 4.52. The number of nitrogens with zero attached hydrogens (tertiary/aromatic N) is 1. The zero-order valence-electron chi connectivity index (χ0n) is 10.5. The third kappa shape index (κ3) is 3.44. The molecule has 0 radical (unpaired) electrons. The van der Waals surface area contributed by atoms with Gasteiger partial charge in [0.1, 0.15) is 0 Å². The highest BCUT2D eigenvalue weighted by atomic mass is 32.2. The van der Waals surface area contributed by atoms with Gasteiger partial charge in [0.25, 0.3) is 0 Å². The van der Waals surface area contributed by atoms with Crippen molar-refractivity contribution in [3.8, 4) is 0 Å². The molecule has 1 fully saturated rings. The molecule has 1 heterocycles. The van der Waals surface area contributed by atoms with Crippen LogP contribution in [0.25, 0.3) is 0 Å². The number of anilines is 1. The van der Waals surface area contributed by atoms with Gasteiger partial charge < -0.3 is 15.6 Å². The first-order chi connectivity index (χ1) is 9.03. The first kappa shape index (κ1) is 14.3. The van der Waals surface area contributed by atoms with Gasteiger partial charge in [-0.25, -0.2) is 8.42 Å². The van der Waals surface area contributed by atoms with Crippen LogP contribution in [0.5, 0.6) is 0 Å². The summed E-state index contributed by atoms with van der Waals surface area (Å²) in [5, 5.41) is 9.22. The molecule has 1 aliphatic heterocycles. The number of hydrogen-bond acceptors (Lipinski definition) is 5. The third-order valence-electron chi connectivity index (χ3n) is 3.07. The number of benzene rings is 1. The minimum Gasteiger partial charge on any atom is -0.399 e. The molecule has 0 spiro atoms. The molecule has 0 amide bonds. The summed E-state index contributed by atoms with van der Waals surface area (Å²) in [4.78, 5) is 0. The van der Waals surface area contributed by atoms with Crippen molar-refractivity contribution >= 4 is 15.7 Å². The molecule has 1 aromatic rings. The molecule has 2 rings (SSSR count). The van der Waals surface area contributed by atoms with Crippen LogP contribution in [0.15, 0.2) is 24.3 Å². The number of morpholine rings is 1. The molecule has 1 unspecified atom stereocenters. The summed E-state index contributed by atoms with van der Waals surface area (Å²) in [6, 6.07) is 6.25. The van der Waals surface area contributed by atoms with Gasteiger partial charge in [-0.2, -0.15) is 4.31 Å². The van der Waals surface area contributed by atoms with Crippen molar-refractivity contribution < 1.29 is 18.3 Å². The maximum atomic E-state index is 12.3. The fourth-order valence-corrected chi connectivity index (χ4v) is 3.77. The second-order valence-corrected chi connectivity index (χ2v) is 6.44. The Morgan fingerprint density at radius 1 is 1.37 bits per heavy atom. The van der Waals surface area contributed by atoms with Crippen LogP contribution >= 0.6 is 0 Å².